The summed E-state index contributed by atoms with van der Waals surface area (Å²) in [6.45, 7) is 3.25. The minimum Gasteiger partial charge on any atom is -0.322 e. The van der Waals surface area contributed by atoms with Crippen molar-refractivity contribution < 1.29 is 9.72 Å². The lowest BCUT2D eigenvalue weighted by atomic mass is 10.1. The lowest BCUT2D eigenvalue weighted by molar-refractivity contribution is -0.385. The predicted octanol–water partition coefficient (Wildman–Crippen LogP) is 3.21. The molecule has 0 aliphatic rings. The summed E-state index contributed by atoms with van der Waals surface area (Å²) in [5.74, 6) is -0.0679. The van der Waals surface area contributed by atoms with Gasteiger partial charge >= 0.3 is 0 Å². The highest BCUT2D eigenvalue weighted by atomic mass is 16.6. The Bertz CT molecular complexity index is 1100. The Morgan fingerprint density at radius 2 is 1.89 bits per heavy atom. The van der Waals surface area contributed by atoms with E-state index in [4.69, 9.17) is 0 Å². The number of aromatic nitrogens is 2. The highest BCUT2D eigenvalue weighted by Crippen LogP contribution is 2.23. The van der Waals surface area contributed by atoms with Crippen LogP contribution in [0.15, 0.2) is 53.3 Å². The highest BCUT2D eigenvalue weighted by Gasteiger charge is 2.18. The van der Waals surface area contributed by atoms with Gasteiger partial charge in [0.05, 0.1) is 4.92 Å². The van der Waals surface area contributed by atoms with Crippen LogP contribution in [0.25, 0.3) is 11.4 Å². The van der Waals surface area contributed by atoms with Gasteiger partial charge in [0.2, 0.25) is 0 Å². The third-order valence-electron chi connectivity index (χ3n) is 4.01. The van der Waals surface area contributed by atoms with Crippen molar-refractivity contribution in [2.45, 2.75) is 13.8 Å². The van der Waals surface area contributed by atoms with Crippen LogP contribution < -0.4 is 10.9 Å². The van der Waals surface area contributed by atoms with E-state index in [0.29, 0.717) is 28.3 Å². The molecule has 0 spiro atoms. The topological polar surface area (TPSA) is 118 Å². The summed E-state index contributed by atoms with van der Waals surface area (Å²) in [4.78, 5) is 41.7. The van der Waals surface area contributed by atoms with Crippen molar-refractivity contribution in [1.29, 1.82) is 0 Å². The lowest BCUT2D eigenvalue weighted by Crippen LogP contribution is -2.14. The summed E-state index contributed by atoms with van der Waals surface area (Å²) in [7, 11) is 0. The van der Waals surface area contributed by atoms with Gasteiger partial charge in [0.25, 0.3) is 17.2 Å². The van der Waals surface area contributed by atoms with Crippen molar-refractivity contribution >= 4 is 17.3 Å². The summed E-state index contributed by atoms with van der Waals surface area (Å²) in [5, 5.41) is 13.8. The van der Waals surface area contributed by atoms with Crippen LogP contribution in [0.5, 0.6) is 0 Å². The molecule has 3 aromatic rings. The predicted molar refractivity (Wildman–Crippen MR) is 101 cm³/mol. The first-order chi connectivity index (χ1) is 12.8. The van der Waals surface area contributed by atoms with Crippen LogP contribution in [0.2, 0.25) is 0 Å². The molecule has 1 aromatic heterocycles. The van der Waals surface area contributed by atoms with Crippen LogP contribution in [0.1, 0.15) is 21.6 Å². The average molecular weight is 364 g/mol. The van der Waals surface area contributed by atoms with Gasteiger partial charge in [-0.3, -0.25) is 19.7 Å². The zero-order valence-corrected chi connectivity index (χ0v) is 14.6. The molecule has 0 radical (unpaired) electrons. The normalized spacial score (nSPS) is 10.4. The van der Waals surface area contributed by atoms with E-state index in [1.807, 2.05) is 0 Å². The average Bonchev–Trinajstić information content (AvgIpc) is 2.61. The van der Waals surface area contributed by atoms with Gasteiger partial charge in [-0.15, -0.1) is 0 Å². The number of benzene rings is 2. The molecule has 27 heavy (non-hydrogen) atoms. The van der Waals surface area contributed by atoms with Crippen LogP contribution >= 0.6 is 0 Å². The molecule has 0 bridgehead atoms. The van der Waals surface area contributed by atoms with Crippen molar-refractivity contribution in [3.8, 4) is 11.4 Å². The van der Waals surface area contributed by atoms with Gasteiger partial charge in [0.15, 0.2) is 0 Å². The fraction of sp³-hybridized carbons (Fsp3) is 0.105. The Morgan fingerprint density at radius 1 is 1.15 bits per heavy atom. The number of H-pyrrole nitrogens is 1. The summed E-state index contributed by atoms with van der Waals surface area (Å²) >= 11 is 0. The second-order valence-electron chi connectivity index (χ2n) is 5.98. The molecule has 1 heterocycles. The molecule has 3 rings (SSSR count). The molecule has 0 aliphatic carbocycles. The first-order valence-corrected chi connectivity index (χ1v) is 8.09. The van der Waals surface area contributed by atoms with E-state index < -0.39 is 10.8 Å². The van der Waals surface area contributed by atoms with Crippen molar-refractivity contribution in [3.63, 3.8) is 0 Å². The highest BCUT2D eigenvalue weighted by molar-refractivity contribution is 6.06. The minimum atomic E-state index is -0.521. The number of hydrogen-bond donors (Lipinski definition) is 2. The zero-order valence-electron chi connectivity index (χ0n) is 14.6. The fourth-order valence-electron chi connectivity index (χ4n) is 2.73. The number of carbonyl (C=O) groups excluding carboxylic acids is 1. The number of nitro groups is 1. The maximum absolute atomic E-state index is 12.6. The Balaban J connectivity index is 1.91. The number of nitro benzene ring substituents is 1. The van der Waals surface area contributed by atoms with E-state index in [1.54, 1.807) is 31.2 Å². The molecule has 1 amide bonds. The monoisotopic (exact) mass is 364 g/mol. The first-order valence-electron chi connectivity index (χ1n) is 8.09. The summed E-state index contributed by atoms with van der Waals surface area (Å²) in [6, 6.07) is 12.6. The van der Waals surface area contributed by atoms with Gasteiger partial charge in [-0.05, 0) is 32.0 Å². The molecule has 136 valence electrons. The van der Waals surface area contributed by atoms with Crippen molar-refractivity contribution in [2.24, 2.45) is 0 Å². The largest absolute Gasteiger partial charge is 0.322 e. The number of carbonyl (C=O) groups is 1. The fourth-order valence-corrected chi connectivity index (χ4v) is 2.73. The Morgan fingerprint density at radius 3 is 2.59 bits per heavy atom. The molecule has 2 aromatic carbocycles. The van der Waals surface area contributed by atoms with E-state index in [2.05, 4.69) is 15.3 Å². The maximum Gasteiger partial charge on any atom is 0.273 e. The molecule has 0 aliphatic heterocycles. The van der Waals surface area contributed by atoms with Crippen molar-refractivity contribution in [2.75, 3.05) is 5.32 Å². The Hall–Kier alpha value is -3.81. The molecule has 8 nitrogen and oxygen atoms in total. The molecular formula is C19H16N4O4. The van der Waals surface area contributed by atoms with Gasteiger partial charge in [-0.2, -0.15) is 0 Å². The number of hydrogen-bond acceptors (Lipinski definition) is 5. The van der Waals surface area contributed by atoms with Crippen LogP contribution in [0.3, 0.4) is 0 Å². The first kappa shape index (κ1) is 18.0. The standard InChI is InChI=1S/C19H16N4O4/c1-11-9-17(24)22-18(20-11)13-5-3-6-14(10-13)21-19(25)15-7-4-8-16(12(15)2)23(26)27/h3-10H,1-2H3,(H,21,25)(H,20,22,24). The smallest absolute Gasteiger partial charge is 0.273 e. The number of amides is 1. The summed E-state index contributed by atoms with van der Waals surface area (Å²) in [6.07, 6.45) is 0. The summed E-state index contributed by atoms with van der Waals surface area (Å²) in [5.41, 5.74) is 1.82. The van der Waals surface area contributed by atoms with Gasteiger partial charge < -0.3 is 10.3 Å². The van der Waals surface area contributed by atoms with E-state index in [0.717, 1.165) is 0 Å². The quantitative estimate of drug-likeness (QED) is 0.544. The number of anilines is 1. The van der Waals surface area contributed by atoms with Crippen LogP contribution in [-0.4, -0.2) is 20.8 Å². The second kappa shape index (κ2) is 7.20. The third kappa shape index (κ3) is 3.90. The number of aromatic amines is 1. The van der Waals surface area contributed by atoms with Crippen LogP contribution in [-0.2, 0) is 0 Å². The molecule has 8 heteroatoms. The Kier molecular flexibility index (Phi) is 4.80. The molecule has 0 atom stereocenters. The molecule has 0 unspecified atom stereocenters. The van der Waals surface area contributed by atoms with E-state index in [1.165, 1.54) is 31.2 Å². The number of nitrogens with one attached hydrogen (secondary N) is 2. The maximum atomic E-state index is 12.6. The number of rotatable bonds is 4. The second-order valence-corrected chi connectivity index (χ2v) is 5.98. The van der Waals surface area contributed by atoms with E-state index in [9.17, 15) is 19.7 Å². The molecular weight excluding hydrogens is 348 g/mol. The van der Waals surface area contributed by atoms with Gasteiger partial charge in [-0.25, -0.2) is 4.98 Å². The van der Waals surface area contributed by atoms with Crippen LogP contribution in [0, 0.1) is 24.0 Å². The molecule has 0 saturated carbocycles. The Labute approximate surface area is 154 Å². The molecule has 0 saturated heterocycles. The van der Waals surface area contributed by atoms with Crippen LogP contribution in [0.4, 0.5) is 11.4 Å². The molecule has 0 fully saturated rings. The number of aryl methyl sites for hydroxylation is 1. The van der Waals surface area contributed by atoms with E-state index in [-0.39, 0.29) is 16.8 Å². The lowest BCUT2D eigenvalue weighted by Gasteiger charge is -2.09. The minimum absolute atomic E-state index is 0.113. The van der Waals surface area contributed by atoms with Gasteiger partial charge in [0.1, 0.15) is 5.82 Å². The van der Waals surface area contributed by atoms with Crippen molar-refractivity contribution in [3.05, 3.63) is 85.8 Å². The van der Waals surface area contributed by atoms with Gasteiger partial charge in [-0.1, -0.05) is 18.2 Å². The SMILES string of the molecule is Cc1cc(=O)[nH]c(-c2cccc(NC(=O)c3cccc([N+](=O)[O-])c3C)c2)n1. The number of nitrogens with zero attached hydrogens (tertiary/aromatic N) is 2. The zero-order chi connectivity index (χ0) is 19.6. The summed E-state index contributed by atoms with van der Waals surface area (Å²) < 4.78 is 0. The van der Waals surface area contributed by atoms with Gasteiger partial charge in [0, 0.05) is 40.2 Å². The van der Waals surface area contributed by atoms with E-state index >= 15 is 0 Å². The third-order valence-corrected chi connectivity index (χ3v) is 4.01. The van der Waals surface area contributed by atoms with Crippen molar-refractivity contribution in [1.82, 2.24) is 9.97 Å². The molecule has 2 N–H and O–H groups in total.